The molecule has 0 fully saturated rings. The van der Waals surface area contributed by atoms with Crippen molar-refractivity contribution in [1.82, 2.24) is 9.97 Å². The van der Waals surface area contributed by atoms with Crippen LogP contribution in [0.2, 0.25) is 0 Å². The Kier molecular flexibility index (Phi) is 2.92. The quantitative estimate of drug-likeness (QED) is 0.760. The van der Waals surface area contributed by atoms with E-state index in [1.54, 1.807) is 0 Å². The van der Waals surface area contributed by atoms with Crippen LogP contribution in [0.4, 0.5) is 0 Å². The van der Waals surface area contributed by atoms with Gasteiger partial charge in [0.25, 0.3) is 0 Å². The van der Waals surface area contributed by atoms with Crippen LogP contribution in [0.5, 0.6) is 0 Å². The maximum atomic E-state index is 6.46. The van der Waals surface area contributed by atoms with Crippen molar-refractivity contribution in [2.45, 2.75) is 12.5 Å². The lowest BCUT2D eigenvalue weighted by Gasteiger charge is -2.22. The molecule has 0 radical (unpaired) electrons. The second-order valence-corrected chi connectivity index (χ2v) is 5.73. The molecule has 3 N–H and O–H groups in total. The molecule has 2 aromatic carbocycles. The fourth-order valence-electron chi connectivity index (χ4n) is 2.15. The average molecular weight is 316 g/mol. The average Bonchev–Trinajstić information content (AvgIpc) is 2.83. The maximum absolute atomic E-state index is 6.46. The second kappa shape index (κ2) is 4.47. The minimum Gasteiger partial charge on any atom is -0.340 e. The Bertz CT molecular complexity index is 717. The summed E-state index contributed by atoms with van der Waals surface area (Å²) in [5.74, 6) is 0.770. The molecular weight excluding hydrogens is 302 g/mol. The number of H-pyrrole nitrogens is 1. The number of fused-ring (bicyclic) bond motifs is 1. The number of rotatable bonds is 2. The highest BCUT2D eigenvalue weighted by molar-refractivity contribution is 9.10. The zero-order chi connectivity index (χ0) is 13.5. The summed E-state index contributed by atoms with van der Waals surface area (Å²) in [7, 11) is 0. The maximum Gasteiger partial charge on any atom is 0.131 e. The monoisotopic (exact) mass is 315 g/mol. The molecule has 1 atom stereocenters. The van der Waals surface area contributed by atoms with Gasteiger partial charge in [-0.1, -0.05) is 46.3 Å². The number of nitrogens with zero attached hydrogens (tertiary/aromatic N) is 1. The molecule has 0 amide bonds. The van der Waals surface area contributed by atoms with Gasteiger partial charge >= 0.3 is 0 Å². The van der Waals surface area contributed by atoms with E-state index < -0.39 is 5.54 Å². The highest BCUT2D eigenvalue weighted by atomic mass is 79.9. The predicted octanol–water partition coefficient (Wildman–Crippen LogP) is 3.55. The first-order valence-corrected chi connectivity index (χ1v) is 6.87. The van der Waals surface area contributed by atoms with E-state index in [0.717, 1.165) is 26.9 Å². The number of imidazole rings is 1. The molecule has 1 heterocycles. The van der Waals surface area contributed by atoms with Gasteiger partial charge < -0.3 is 10.7 Å². The number of halogens is 1. The van der Waals surface area contributed by atoms with Crippen LogP contribution in [0.25, 0.3) is 11.0 Å². The molecule has 0 aliphatic carbocycles. The van der Waals surface area contributed by atoms with Gasteiger partial charge in [-0.25, -0.2) is 4.98 Å². The van der Waals surface area contributed by atoms with Crippen molar-refractivity contribution in [1.29, 1.82) is 0 Å². The standard InChI is InChI=1S/C15H14BrN3/c1-15(17,10-5-3-2-4-6-10)14-18-12-8-7-11(16)9-13(12)19-14/h2-9H,17H2,1H3,(H,18,19). The van der Waals surface area contributed by atoms with Gasteiger partial charge in [0.1, 0.15) is 5.82 Å². The first-order valence-electron chi connectivity index (χ1n) is 6.07. The molecule has 0 saturated carbocycles. The van der Waals surface area contributed by atoms with Crippen molar-refractivity contribution in [3.8, 4) is 0 Å². The zero-order valence-corrected chi connectivity index (χ0v) is 12.1. The molecule has 0 aliphatic heterocycles. The summed E-state index contributed by atoms with van der Waals surface area (Å²) >= 11 is 3.46. The Labute approximate surface area is 120 Å². The lowest BCUT2D eigenvalue weighted by Crippen LogP contribution is -2.35. The number of hydrogen-bond donors (Lipinski definition) is 2. The minimum absolute atomic E-state index is 0.632. The van der Waals surface area contributed by atoms with Crippen LogP contribution in [-0.2, 0) is 5.54 Å². The van der Waals surface area contributed by atoms with Gasteiger partial charge in [-0.05, 0) is 30.7 Å². The molecule has 3 aromatic rings. The number of benzene rings is 2. The van der Waals surface area contributed by atoms with E-state index in [4.69, 9.17) is 5.73 Å². The molecule has 0 saturated heterocycles. The number of aromatic nitrogens is 2. The zero-order valence-electron chi connectivity index (χ0n) is 10.5. The Morgan fingerprint density at radius 1 is 1.16 bits per heavy atom. The van der Waals surface area contributed by atoms with Crippen molar-refractivity contribution in [3.05, 3.63) is 64.4 Å². The molecule has 4 heteroatoms. The Morgan fingerprint density at radius 3 is 2.63 bits per heavy atom. The Hall–Kier alpha value is -1.65. The molecule has 1 unspecified atom stereocenters. The molecule has 96 valence electrons. The summed E-state index contributed by atoms with van der Waals surface area (Å²) in [5, 5.41) is 0. The van der Waals surface area contributed by atoms with Crippen LogP contribution < -0.4 is 5.73 Å². The van der Waals surface area contributed by atoms with Crippen molar-refractivity contribution >= 4 is 27.0 Å². The third-order valence-corrected chi connectivity index (χ3v) is 3.80. The van der Waals surface area contributed by atoms with Gasteiger partial charge in [0.2, 0.25) is 0 Å². The van der Waals surface area contributed by atoms with Crippen LogP contribution >= 0.6 is 15.9 Å². The van der Waals surface area contributed by atoms with E-state index in [1.165, 1.54) is 0 Å². The number of aromatic amines is 1. The van der Waals surface area contributed by atoms with Gasteiger partial charge in [0, 0.05) is 4.47 Å². The predicted molar refractivity (Wildman–Crippen MR) is 80.9 cm³/mol. The number of nitrogens with one attached hydrogen (secondary N) is 1. The summed E-state index contributed by atoms with van der Waals surface area (Å²) in [6, 6.07) is 15.9. The Morgan fingerprint density at radius 2 is 1.89 bits per heavy atom. The molecule has 0 spiro atoms. The topological polar surface area (TPSA) is 54.7 Å². The molecule has 0 bridgehead atoms. The van der Waals surface area contributed by atoms with Crippen molar-refractivity contribution in [2.75, 3.05) is 0 Å². The molecule has 19 heavy (non-hydrogen) atoms. The van der Waals surface area contributed by atoms with Crippen molar-refractivity contribution in [2.24, 2.45) is 5.73 Å². The van der Waals surface area contributed by atoms with Crippen molar-refractivity contribution < 1.29 is 0 Å². The normalized spacial score (nSPS) is 14.5. The van der Waals surface area contributed by atoms with E-state index in [0.29, 0.717) is 0 Å². The van der Waals surface area contributed by atoms with E-state index >= 15 is 0 Å². The molecular formula is C15H14BrN3. The summed E-state index contributed by atoms with van der Waals surface area (Å²) < 4.78 is 1.02. The van der Waals surface area contributed by atoms with E-state index in [9.17, 15) is 0 Å². The summed E-state index contributed by atoms with van der Waals surface area (Å²) in [5.41, 5.74) is 8.76. The summed E-state index contributed by atoms with van der Waals surface area (Å²) in [4.78, 5) is 7.91. The lowest BCUT2D eigenvalue weighted by atomic mass is 9.92. The summed E-state index contributed by atoms with van der Waals surface area (Å²) in [6.07, 6.45) is 0. The highest BCUT2D eigenvalue weighted by Crippen LogP contribution is 2.27. The van der Waals surface area contributed by atoms with Crippen LogP contribution in [0.3, 0.4) is 0 Å². The van der Waals surface area contributed by atoms with Crippen LogP contribution in [0.1, 0.15) is 18.3 Å². The number of hydrogen-bond acceptors (Lipinski definition) is 2. The highest BCUT2D eigenvalue weighted by Gasteiger charge is 2.27. The lowest BCUT2D eigenvalue weighted by molar-refractivity contribution is 0.567. The van der Waals surface area contributed by atoms with E-state index in [2.05, 4.69) is 25.9 Å². The second-order valence-electron chi connectivity index (χ2n) is 4.82. The fourth-order valence-corrected chi connectivity index (χ4v) is 2.51. The van der Waals surface area contributed by atoms with Crippen LogP contribution in [0.15, 0.2) is 53.0 Å². The van der Waals surface area contributed by atoms with Gasteiger partial charge in [-0.3, -0.25) is 0 Å². The molecule has 1 aromatic heterocycles. The van der Waals surface area contributed by atoms with Gasteiger partial charge in [0.05, 0.1) is 16.6 Å². The first-order chi connectivity index (χ1) is 9.07. The first kappa shape index (κ1) is 12.4. The molecule has 0 aliphatic rings. The SMILES string of the molecule is CC(N)(c1ccccc1)c1nc2ccc(Br)cc2[nH]1. The fraction of sp³-hybridized carbons (Fsp3) is 0.133. The summed E-state index contributed by atoms with van der Waals surface area (Å²) in [6.45, 7) is 1.97. The molecule has 3 nitrogen and oxygen atoms in total. The van der Waals surface area contributed by atoms with Crippen molar-refractivity contribution in [3.63, 3.8) is 0 Å². The molecule has 3 rings (SSSR count). The smallest absolute Gasteiger partial charge is 0.131 e. The van der Waals surface area contributed by atoms with Gasteiger partial charge in [-0.15, -0.1) is 0 Å². The number of nitrogens with two attached hydrogens (primary N) is 1. The van der Waals surface area contributed by atoms with E-state index in [1.807, 2.05) is 55.5 Å². The van der Waals surface area contributed by atoms with Crippen LogP contribution in [-0.4, -0.2) is 9.97 Å². The van der Waals surface area contributed by atoms with Gasteiger partial charge in [0.15, 0.2) is 0 Å². The van der Waals surface area contributed by atoms with Crippen LogP contribution in [0, 0.1) is 0 Å². The van der Waals surface area contributed by atoms with E-state index in [-0.39, 0.29) is 0 Å². The largest absolute Gasteiger partial charge is 0.340 e. The Balaban J connectivity index is 2.13. The van der Waals surface area contributed by atoms with Gasteiger partial charge in [-0.2, -0.15) is 0 Å². The third kappa shape index (κ3) is 2.17. The third-order valence-electron chi connectivity index (χ3n) is 3.31. The minimum atomic E-state index is -0.632.